The number of rotatable bonds is 6. The molecule has 0 saturated heterocycles. The van der Waals surface area contributed by atoms with Crippen LogP contribution >= 0.6 is 11.3 Å². The molecule has 2 aliphatic rings. The molecule has 0 spiro atoms. The van der Waals surface area contributed by atoms with E-state index in [1.165, 1.54) is 28.7 Å². The third-order valence-electron chi connectivity index (χ3n) is 5.40. The zero-order chi connectivity index (χ0) is 22.9. The summed E-state index contributed by atoms with van der Waals surface area (Å²) in [6.07, 6.45) is 10.9. The van der Waals surface area contributed by atoms with Crippen LogP contribution in [0.2, 0.25) is 0 Å². The number of halogens is 1. The first-order chi connectivity index (χ1) is 15.2. The third kappa shape index (κ3) is 5.34. The highest BCUT2D eigenvalue weighted by molar-refractivity contribution is 7.90. The maximum atomic E-state index is 13.6. The van der Waals surface area contributed by atoms with Crippen molar-refractivity contribution in [2.45, 2.75) is 50.5 Å². The lowest BCUT2D eigenvalue weighted by Gasteiger charge is -2.18. The van der Waals surface area contributed by atoms with E-state index in [0.717, 1.165) is 33.1 Å². The number of ether oxygens (including phenoxy) is 1. The summed E-state index contributed by atoms with van der Waals surface area (Å²) in [6.45, 7) is 4.55. The molecule has 2 atom stereocenters. The molecule has 0 radical (unpaired) electrons. The van der Waals surface area contributed by atoms with E-state index in [4.69, 9.17) is 9.72 Å². The van der Waals surface area contributed by atoms with Gasteiger partial charge in [0.25, 0.3) is 0 Å². The first kappa shape index (κ1) is 22.8. The number of thiazole rings is 1. The number of alkyl halides is 1. The quantitative estimate of drug-likeness (QED) is 0.513. The van der Waals surface area contributed by atoms with Gasteiger partial charge in [0.05, 0.1) is 28.2 Å². The summed E-state index contributed by atoms with van der Waals surface area (Å²) >= 11 is 1.52. The molecule has 1 aromatic carbocycles. The molecule has 2 aromatic rings. The second-order valence-corrected chi connectivity index (χ2v) is 11.4. The molecule has 0 N–H and O–H groups in total. The topological polar surface area (TPSA) is 56.3 Å². The molecule has 4 nitrogen and oxygen atoms in total. The second-order valence-electron chi connectivity index (χ2n) is 8.31. The summed E-state index contributed by atoms with van der Waals surface area (Å²) in [5, 5.41) is 0.831. The number of benzene rings is 1. The van der Waals surface area contributed by atoms with E-state index in [2.05, 4.69) is 26.0 Å². The molecule has 0 fully saturated rings. The van der Waals surface area contributed by atoms with Gasteiger partial charge in [-0.3, -0.25) is 0 Å². The molecule has 32 heavy (non-hydrogen) atoms. The summed E-state index contributed by atoms with van der Waals surface area (Å²) in [5.74, 6) is 0. The van der Waals surface area contributed by atoms with Crippen molar-refractivity contribution in [2.75, 3.05) is 6.26 Å². The highest BCUT2D eigenvalue weighted by atomic mass is 32.2. The summed E-state index contributed by atoms with van der Waals surface area (Å²) in [5.41, 5.74) is 5.01. The Morgan fingerprint density at radius 3 is 2.59 bits per heavy atom. The Labute approximate surface area is 192 Å². The fraction of sp³-hybridized carbons (Fsp3) is 0.320. The van der Waals surface area contributed by atoms with Crippen LogP contribution in [0.5, 0.6) is 0 Å². The van der Waals surface area contributed by atoms with Crippen LogP contribution in [0.15, 0.2) is 70.7 Å². The Bertz CT molecular complexity index is 1230. The molecule has 0 bridgehead atoms. The van der Waals surface area contributed by atoms with Crippen LogP contribution in [-0.4, -0.2) is 31.9 Å². The van der Waals surface area contributed by atoms with Crippen LogP contribution in [-0.2, 0) is 21.2 Å². The Kier molecular flexibility index (Phi) is 6.60. The molecule has 0 amide bonds. The zero-order valence-corrected chi connectivity index (χ0v) is 20.0. The average Bonchev–Trinajstić information content (AvgIpc) is 3.16. The summed E-state index contributed by atoms with van der Waals surface area (Å²) < 4.78 is 43.4. The van der Waals surface area contributed by atoms with Gasteiger partial charge in [0.1, 0.15) is 11.2 Å². The van der Waals surface area contributed by atoms with E-state index >= 15 is 0 Å². The van der Waals surface area contributed by atoms with Crippen molar-refractivity contribution < 1.29 is 17.5 Å². The largest absolute Gasteiger partial charge is 0.367 e. The molecule has 1 heterocycles. The van der Waals surface area contributed by atoms with Gasteiger partial charge in [0.2, 0.25) is 0 Å². The number of hydrogen-bond acceptors (Lipinski definition) is 5. The van der Waals surface area contributed by atoms with E-state index in [9.17, 15) is 12.8 Å². The summed E-state index contributed by atoms with van der Waals surface area (Å²) in [4.78, 5) is 6.02. The third-order valence-corrected chi connectivity index (χ3v) is 7.61. The van der Waals surface area contributed by atoms with Gasteiger partial charge in [-0.1, -0.05) is 47.6 Å². The van der Waals surface area contributed by atoms with E-state index in [1.54, 1.807) is 36.4 Å². The SMILES string of the molecule is CC1=CC(OCc2nc(C3=CCC(F)C=C3)c(-c3ccc(S(C)(=O)=O)cc3)s2)CC(C)=C1. The van der Waals surface area contributed by atoms with Crippen molar-refractivity contribution in [1.82, 2.24) is 4.98 Å². The van der Waals surface area contributed by atoms with E-state index in [1.807, 2.05) is 6.08 Å². The fourth-order valence-electron chi connectivity index (χ4n) is 3.89. The Balaban J connectivity index is 1.63. The fourth-order valence-corrected chi connectivity index (χ4v) is 5.54. The van der Waals surface area contributed by atoms with Crippen LogP contribution < -0.4 is 0 Å². The highest BCUT2D eigenvalue weighted by Crippen LogP contribution is 2.37. The van der Waals surface area contributed by atoms with Gasteiger partial charge in [0.15, 0.2) is 9.84 Å². The molecule has 168 valence electrons. The van der Waals surface area contributed by atoms with E-state index in [-0.39, 0.29) is 11.0 Å². The predicted octanol–water partition coefficient (Wildman–Crippen LogP) is 6.08. The van der Waals surface area contributed by atoms with Gasteiger partial charge in [-0.25, -0.2) is 17.8 Å². The van der Waals surface area contributed by atoms with Crippen molar-refractivity contribution in [3.63, 3.8) is 0 Å². The average molecular weight is 472 g/mol. The van der Waals surface area contributed by atoms with Crippen LogP contribution in [0, 0.1) is 0 Å². The monoisotopic (exact) mass is 471 g/mol. The molecule has 1 aromatic heterocycles. The Hall–Kier alpha value is -2.35. The zero-order valence-electron chi connectivity index (χ0n) is 18.3. The van der Waals surface area contributed by atoms with Crippen molar-refractivity contribution in [1.29, 1.82) is 0 Å². The second kappa shape index (κ2) is 9.25. The van der Waals surface area contributed by atoms with Crippen molar-refractivity contribution in [2.24, 2.45) is 0 Å². The molecule has 2 aliphatic carbocycles. The number of allylic oxidation sites excluding steroid dienone is 6. The molecule has 0 saturated carbocycles. The highest BCUT2D eigenvalue weighted by Gasteiger charge is 2.20. The molecule has 0 aliphatic heterocycles. The minimum atomic E-state index is -3.27. The van der Waals surface area contributed by atoms with Gasteiger partial charge in [-0.05, 0) is 49.6 Å². The molecular formula is C25H26FNO3S2. The van der Waals surface area contributed by atoms with Crippen molar-refractivity contribution >= 4 is 26.7 Å². The minimum Gasteiger partial charge on any atom is -0.367 e. The van der Waals surface area contributed by atoms with Gasteiger partial charge in [-0.15, -0.1) is 11.3 Å². The molecule has 4 rings (SSSR count). The summed E-state index contributed by atoms with van der Waals surface area (Å²) in [7, 11) is -3.27. The predicted molar refractivity (Wildman–Crippen MR) is 128 cm³/mol. The molecule has 7 heteroatoms. The number of aromatic nitrogens is 1. The van der Waals surface area contributed by atoms with Crippen molar-refractivity contribution in [3.05, 3.63) is 76.5 Å². The Morgan fingerprint density at radius 2 is 1.97 bits per heavy atom. The lowest BCUT2D eigenvalue weighted by Crippen LogP contribution is -2.13. The molecule has 2 unspecified atom stereocenters. The first-order valence-corrected chi connectivity index (χ1v) is 13.2. The van der Waals surface area contributed by atoms with Gasteiger partial charge >= 0.3 is 0 Å². The smallest absolute Gasteiger partial charge is 0.175 e. The van der Waals surface area contributed by atoms with E-state index in [0.29, 0.717) is 13.0 Å². The molecular weight excluding hydrogens is 445 g/mol. The van der Waals surface area contributed by atoms with Crippen LogP contribution in [0.1, 0.15) is 37.4 Å². The van der Waals surface area contributed by atoms with E-state index < -0.39 is 16.0 Å². The van der Waals surface area contributed by atoms with Gasteiger partial charge < -0.3 is 4.74 Å². The lowest BCUT2D eigenvalue weighted by molar-refractivity contribution is 0.0708. The number of sulfone groups is 1. The van der Waals surface area contributed by atoms with Crippen LogP contribution in [0.3, 0.4) is 0 Å². The minimum absolute atomic E-state index is 0.0194. The van der Waals surface area contributed by atoms with Crippen molar-refractivity contribution in [3.8, 4) is 10.4 Å². The number of nitrogens with zero attached hydrogens (tertiary/aromatic N) is 1. The van der Waals surface area contributed by atoms with Crippen LogP contribution in [0.4, 0.5) is 4.39 Å². The van der Waals surface area contributed by atoms with Crippen LogP contribution in [0.25, 0.3) is 16.0 Å². The lowest BCUT2D eigenvalue weighted by atomic mass is 9.99. The number of hydrogen-bond donors (Lipinski definition) is 0. The standard InChI is InChI=1S/C25H26FNO3S2/c1-16-12-17(2)14-21(13-16)30-15-23-27-24(18-4-8-20(26)9-5-18)25(31-23)19-6-10-22(11-7-19)32(3,28)29/h4-8,10-13,20-21H,9,14-15H2,1-3H3. The maximum absolute atomic E-state index is 13.6. The van der Waals surface area contributed by atoms with Gasteiger partial charge in [0, 0.05) is 12.7 Å². The summed E-state index contributed by atoms with van der Waals surface area (Å²) in [6, 6.07) is 6.81. The Morgan fingerprint density at radius 1 is 1.22 bits per heavy atom. The first-order valence-electron chi connectivity index (χ1n) is 10.5. The van der Waals surface area contributed by atoms with Gasteiger partial charge in [-0.2, -0.15) is 0 Å². The normalized spacial score (nSPS) is 21.2. The maximum Gasteiger partial charge on any atom is 0.175 e.